The largest absolute Gasteiger partial charge is 0.333 e. The topological polar surface area (TPSA) is 38.1 Å². The summed E-state index contributed by atoms with van der Waals surface area (Å²) >= 11 is 1.69. The van der Waals surface area contributed by atoms with E-state index >= 15 is 0 Å². The van der Waals surface area contributed by atoms with Gasteiger partial charge in [-0.2, -0.15) is 16.4 Å². The second-order valence-electron chi connectivity index (χ2n) is 7.30. The normalized spacial score (nSPS) is 24.8. The van der Waals surface area contributed by atoms with E-state index in [9.17, 15) is 4.79 Å². The molecule has 5 rings (SSSR count). The monoisotopic (exact) mass is 363 g/mol. The molecule has 0 spiro atoms. The van der Waals surface area contributed by atoms with Gasteiger partial charge < -0.3 is 4.90 Å². The van der Waals surface area contributed by atoms with Gasteiger partial charge >= 0.3 is 0 Å². The molecule has 1 amide bonds. The van der Waals surface area contributed by atoms with Gasteiger partial charge in [0.25, 0.3) is 5.91 Å². The molecular formula is C21H21N3OS. The average molecular weight is 363 g/mol. The lowest BCUT2D eigenvalue weighted by molar-refractivity contribution is 0.0524. The Morgan fingerprint density at radius 3 is 2.38 bits per heavy atom. The van der Waals surface area contributed by atoms with Crippen LogP contribution in [0, 0.1) is 0 Å². The van der Waals surface area contributed by atoms with Gasteiger partial charge in [0.2, 0.25) is 0 Å². The minimum Gasteiger partial charge on any atom is -0.333 e. The highest BCUT2D eigenvalue weighted by atomic mass is 32.1. The van der Waals surface area contributed by atoms with Gasteiger partial charge in [0.1, 0.15) is 0 Å². The van der Waals surface area contributed by atoms with E-state index in [2.05, 4.69) is 43.6 Å². The van der Waals surface area contributed by atoms with Crippen molar-refractivity contribution >= 4 is 17.2 Å². The van der Waals surface area contributed by atoms with Crippen LogP contribution in [-0.4, -0.2) is 32.7 Å². The highest BCUT2D eigenvalue weighted by Gasteiger charge is 2.44. The SMILES string of the molecule is O=C(c1ccc(-c2ccsc2)cc1)N1C2CCC1CC(n1cccn1)C2. The predicted molar refractivity (Wildman–Crippen MR) is 103 cm³/mol. The van der Waals surface area contributed by atoms with Crippen LogP contribution >= 0.6 is 11.3 Å². The van der Waals surface area contributed by atoms with Crippen LogP contribution in [0.1, 0.15) is 42.1 Å². The Bertz CT molecular complexity index is 872. The van der Waals surface area contributed by atoms with E-state index in [1.807, 2.05) is 30.6 Å². The predicted octanol–water partition coefficient (Wildman–Crippen LogP) is 4.62. The highest BCUT2D eigenvalue weighted by Crippen LogP contribution is 2.41. The van der Waals surface area contributed by atoms with Gasteiger partial charge in [0.15, 0.2) is 0 Å². The van der Waals surface area contributed by atoms with Crippen LogP contribution in [-0.2, 0) is 0 Å². The molecule has 2 aliphatic rings. The number of aromatic nitrogens is 2. The minimum absolute atomic E-state index is 0.188. The second kappa shape index (κ2) is 6.40. The van der Waals surface area contributed by atoms with Crippen molar-refractivity contribution in [3.8, 4) is 11.1 Å². The maximum absolute atomic E-state index is 13.2. The van der Waals surface area contributed by atoms with Gasteiger partial charge in [-0.15, -0.1) is 0 Å². The number of amides is 1. The third-order valence-corrected chi connectivity index (χ3v) is 6.51. The van der Waals surface area contributed by atoms with Crippen LogP contribution in [0.2, 0.25) is 0 Å². The number of carbonyl (C=O) groups excluding carboxylic acids is 1. The smallest absolute Gasteiger partial charge is 0.254 e. The Kier molecular flexibility index (Phi) is 3.89. The van der Waals surface area contributed by atoms with Gasteiger partial charge in [-0.3, -0.25) is 9.48 Å². The van der Waals surface area contributed by atoms with Crippen LogP contribution in [0.15, 0.2) is 59.6 Å². The molecule has 2 atom stereocenters. The first-order valence-electron chi connectivity index (χ1n) is 9.24. The molecule has 2 bridgehead atoms. The first-order valence-corrected chi connectivity index (χ1v) is 10.2. The molecule has 0 saturated carbocycles. The summed E-state index contributed by atoms with van der Waals surface area (Å²) in [5.74, 6) is 0.188. The third-order valence-electron chi connectivity index (χ3n) is 5.83. The molecule has 2 fully saturated rings. The zero-order valence-corrected chi connectivity index (χ0v) is 15.3. The fourth-order valence-electron chi connectivity index (χ4n) is 4.58. The Morgan fingerprint density at radius 1 is 1.00 bits per heavy atom. The molecule has 26 heavy (non-hydrogen) atoms. The van der Waals surface area contributed by atoms with E-state index in [1.165, 1.54) is 11.1 Å². The van der Waals surface area contributed by atoms with Crippen LogP contribution in [0.3, 0.4) is 0 Å². The van der Waals surface area contributed by atoms with Crippen LogP contribution in [0.4, 0.5) is 0 Å². The van der Waals surface area contributed by atoms with Crippen molar-refractivity contribution in [3.63, 3.8) is 0 Å². The third kappa shape index (κ3) is 2.67. The molecule has 0 aliphatic carbocycles. The van der Waals surface area contributed by atoms with Crippen LogP contribution in [0.5, 0.6) is 0 Å². The van der Waals surface area contributed by atoms with Gasteiger partial charge in [0.05, 0.1) is 6.04 Å². The molecule has 3 aromatic rings. The number of fused-ring (bicyclic) bond motifs is 2. The summed E-state index contributed by atoms with van der Waals surface area (Å²) in [6, 6.07) is 13.3. The van der Waals surface area contributed by atoms with E-state index in [0.29, 0.717) is 18.1 Å². The van der Waals surface area contributed by atoms with Crippen molar-refractivity contribution in [3.05, 3.63) is 65.1 Å². The number of benzene rings is 1. The molecular weight excluding hydrogens is 342 g/mol. The Labute approximate surface area is 157 Å². The summed E-state index contributed by atoms with van der Waals surface area (Å²) in [5, 5.41) is 8.63. The molecule has 1 aromatic carbocycles. The average Bonchev–Trinajstić information content (AvgIpc) is 3.42. The van der Waals surface area contributed by atoms with Gasteiger partial charge in [-0.05, 0) is 71.8 Å². The van der Waals surface area contributed by atoms with Crippen molar-refractivity contribution in [2.45, 2.75) is 43.8 Å². The summed E-state index contributed by atoms with van der Waals surface area (Å²) in [6.07, 6.45) is 8.13. The van der Waals surface area contributed by atoms with Crippen molar-refractivity contribution in [1.29, 1.82) is 0 Å². The Balaban J connectivity index is 1.35. The number of rotatable bonds is 3. The molecule has 4 heterocycles. The summed E-state index contributed by atoms with van der Waals surface area (Å²) in [7, 11) is 0. The summed E-state index contributed by atoms with van der Waals surface area (Å²) in [6.45, 7) is 0. The van der Waals surface area contributed by atoms with E-state index in [0.717, 1.165) is 31.2 Å². The van der Waals surface area contributed by atoms with Gasteiger partial charge in [0, 0.05) is 30.0 Å². The van der Waals surface area contributed by atoms with Crippen LogP contribution < -0.4 is 0 Å². The summed E-state index contributed by atoms with van der Waals surface area (Å²) in [5.41, 5.74) is 3.19. The lowest BCUT2D eigenvalue weighted by Crippen LogP contribution is -2.47. The summed E-state index contributed by atoms with van der Waals surface area (Å²) in [4.78, 5) is 15.3. The quantitative estimate of drug-likeness (QED) is 0.681. The molecule has 0 N–H and O–H groups in total. The first-order chi connectivity index (χ1) is 12.8. The Morgan fingerprint density at radius 2 is 1.77 bits per heavy atom. The van der Waals surface area contributed by atoms with E-state index in [-0.39, 0.29) is 5.91 Å². The zero-order valence-electron chi connectivity index (χ0n) is 14.5. The first kappa shape index (κ1) is 15.8. The van der Waals surface area contributed by atoms with E-state index < -0.39 is 0 Å². The van der Waals surface area contributed by atoms with Crippen molar-refractivity contribution < 1.29 is 4.79 Å². The Hall–Kier alpha value is -2.40. The molecule has 2 aromatic heterocycles. The maximum Gasteiger partial charge on any atom is 0.254 e. The number of carbonyl (C=O) groups is 1. The number of piperidine rings is 1. The fourth-order valence-corrected chi connectivity index (χ4v) is 5.24. The lowest BCUT2D eigenvalue weighted by atomic mass is 9.96. The maximum atomic E-state index is 13.2. The number of hydrogen-bond donors (Lipinski definition) is 0. The number of nitrogens with zero attached hydrogens (tertiary/aromatic N) is 3. The lowest BCUT2D eigenvalue weighted by Gasteiger charge is -2.39. The van der Waals surface area contributed by atoms with Gasteiger partial charge in [-0.1, -0.05) is 12.1 Å². The number of hydrogen-bond acceptors (Lipinski definition) is 3. The summed E-state index contributed by atoms with van der Waals surface area (Å²) < 4.78 is 2.07. The minimum atomic E-state index is 0.188. The molecule has 2 saturated heterocycles. The molecule has 5 heteroatoms. The molecule has 2 unspecified atom stereocenters. The van der Waals surface area contributed by atoms with Gasteiger partial charge in [-0.25, -0.2) is 0 Å². The molecule has 132 valence electrons. The van der Waals surface area contributed by atoms with E-state index in [4.69, 9.17) is 0 Å². The van der Waals surface area contributed by atoms with Crippen LogP contribution in [0.25, 0.3) is 11.1 Å². The van der Waals surface area contributed by atoms with Crippen molar-refractivity contribution in [1.82, 2.24) is 14.7 Å². The van der Waals surface area contributed by atoms with Crippen molar-refractivity contribution in [2.75, 3.05) is 0 Å². The van der Waals surface area contributed by atoms with E-state index in [1.54, 1.807) is 11.3 Å². The zero-order chi connectivity index (χ0) is 17.5. The molecule has 0 radical (unpaired) electrons. The number of thiophene rings is 1. The standard InChI is InChI=1S/C21H21N3OS/c25-21(16-4-2-15(3-5-16)17-8-11-26-14-17)24-18-6-7-19(24)13-20(12-18)23-10-1-9-22-23/h1-5,8-11,14,18-20H,6-7,12-13H2. The second-order valence-corrected chi connectivity index (χ2v) is 8.08. The fraction of sp³-hybridized carbons (Fsp3) is 0.333. The molecule has 2 aliphatic heterocycles. The highest BCUT2D eigenvalue weighted by molar-refractivity contribution is 7.08. The van der Waals surface area contributed by atoms with Crippen molar-refractivity contribution in [2.24, 2.45) is 0 Å². The molecule has 4 nitrogen and oxygen atoms in total.